The SMILES string of the molecule is CC(C)NCc1cnccc1OCCOC(C)(C)C. The van der Waals surface area contributed by atoms with Gasteiger partial charge in [-0.25, -0.2) is 0 Å². The van der Waals surface area contributed by atoms with Crippen molar-refractivity contribution in [2.45, 2.75) is 52.8 Å². The van der Waals surface area contributed by atoms with Crippen LogP contribution in [0.25, 0.3) is 0 Å². The first kappa shape index (κ1) is 15.9. The van der Waals surface area contributed by atoms with Crippen molar-refractivity contribution in [2.75, 3.05) is 13.2 Å². The van der Waals surface area contributed by atoms with Crippen LogP contribution in [0.4, 0.5) is 0 Å². The predicted molar refractivity (Wildman–Crippen MR) is 77.4 cm³/mol. The molecule has 0 amide bonds. The third-order valence-corrected chi connectivity index (χ3v) is 2.44. The molecule has 0 aromatic carbocycles. The van der Waals surface area contributed by atoms with Crippen LogP contribution in [-0.4, -0.2) is 29.8 Å². The van der Waals surface area contributed by atoms with Crippen LogP contribution in [0.1, 0.15) is 40.2 Å². The highest BCUT2D eigenvalue weighted by molar-refractivity contribution is 5.29. The maximum atomic E-state index is 5.76. The number of nitrogens with one attached hydrogen (secondary N) is 1. The summed E-state index contributed by atoms with van der Waals surface area (Å²) in [5.74, 6) is 0.876. The number of ether oxygens (including phenoxy) is 2. The molecule has 19 heavy (non-hydrogen) atoms. The molecule has 4 nitrogen and oxygen atoms in total. The fraction of sp³-hybridized carbons (Fsp3) is 0.667. The van der Waals surface area contributed by atoms with Crippen LogP contribution in [0.2, 0.25) is 0 Å². The van der Waals surface area contributed by atoms with Crippen molar-refractivity contribution in [3.63, 3.8) is 0 Å². The Bertz CT molecular complexity index is 373. The van der Waals surface area contributed by atoms with Crippen molar-refractivity contribution in [2.24, 2.45) is 0 Å². The second-order valence-electron chi connectivity index (χ2n) is 5.83. The van der Waals surface area contributed by atoms with Crippen LogP contribution in [0.15, 0.2) is 18.5 Å². The van der Waals surface area contributed by atoms with Crippen LogP contribution in [0, 0.1) is 0 Å². The monoisotopic (exact) mass is 266 g/mol. The maximum Gasteiger partial charge on any atom is 0.126 e. The van der Waals surface area contributed by atoms with Crippen LogP contribution in [0.3, 0.4) is 0 Å². The molecule has 0 spiro atoms. The molecule has 0 atom stereocenters. The van der Waals surface area contributed by atoms with Crippen molar-refractivity contribution in [1.29, 1.82) is 0 Å². The summed E-state index contributed by atoms with van der Waals surface area (Å²) in [5.41, 5.74) is 0.954. The molecule has 1 N–H and O–H groups in total. The number of nitrogens with zero attached hydrogens (tertiary/aromatic N) is 1. The molecule has 0 fully saturated rings. The average Bonchev–Trinajstić information content (AvgIpc) is 2.32. The Morgan fingerprint density at radius 2 is 2.00 bits per heavy atom. The second-order valence-corrected chi connectivity index (χ2v) is 5.83. The Labute approximate surface area is 116 Å². The Kier molecular flexibility index (Phi) is 6.25. The first-order valence-corrected chi connectivity index (χ1v) is 6.81. The van der Waals surface area contributed by atoms with Gasteiger partial charge in [0.1, 0.15) is 12.4 Å². The van der Waals surface area contributed by atoms with Gasteiger partial charge in [0.15, 0.2) is 0 Å². The molecule has 1 rings (SSSR count). The molecule has 0 aliphatic carbocycles. The van der Waals surface area contributed by atoms with Gasteiger partial charge in [-0.1, -0.05) is 13.8 Å². The first-order chi connectivity index (χ1) is 8.88. The molecule has 4 heteroatoms. The van der Waals surface area contributed by atoms with E-state index in [0.29, 0.717) is 19.3 Å². The molecular formula is C15H26N2O2. The van der Waals surface area contributed by atoms with Gasteiger partial charge in [0.25, 0.3) is 0 Å². The van der Waals surface area contributed by atoms with Crippen molar-refractivity contribution >= 4 is 0 Å². The summed E-state index contributed by atoms with van der Waals surface area (Å²) in [4.78, 5) is 4.14. The summed E-state index contributed by atoms with van der Waals surface area (Å²) < 4.78 is 11.4. The van der Waals surface area contributed by atoms with E-state index in [1.165, 1.54) is 0 Å². The fourth-order valence-corrected chi connectivity index (χ4v) is 1.50. The van der Waals surface area contributed by atoms with Gasteiger partial charge in [0, 0.05) is 30.5 Å². The number of rotatable bonds is 7. The lowest BCUT2D eigenvalue weighted by Gasteiger charge is -2.20. The number of hydrogen-bond donors (Lipinski definition) is 1. The average molecular weight is 266 g/mol. The van der Waals surface area contributed by atoms with E-state index in [9.17, 15) is 0 Å². The molecular weight excluding hydrogens is 240 g/mol. The van der Waals surface area contributed by atoms with E-state index in [1.807, 2.05) is 33.0 Å². The standard InChI is InChI=1S/C15H26N2O2/c1-12(2)17-11-13-10-16-7-6-14(13)18-8-9-19-15(3,4)5/h6-7,10,12,17H,8-9,11H2,1-5H3. The quantitative estimate of drug-likeness (QED) is 0.771. The highest BCUT2D eigenvalue weighted by Crippen LogP contribution is 2.16. The first-order valence-electron chi connectivity index (χ1n) is 6.81. The highest BCUT2D eigenvalue weighted by Gasteiger charge is 2.10. The summed E-state index contributed by atoms with van der Waals surface area (Å²) >= 11 is 0. The molecule has 108 valence electrons. The van der Waals surface area contributed by atoms with E-state index in [-0.39, 0.29) is 5.60 Å². The van der Waals surface area contributed by atoms with Gasteiger partial charge in [-0.05, 0) is 26.8 Å². The third-order valence-electron chi connectivity index (χ3n) is 2.44. The largest absolute Gasteiger partial charge is 0.491 e. The molecule has 0 unspecified atom stereocenters. The molecule has 0 bridgehead atoms. The van der Waals surface area contributed by atoms with Crippen molar-refractivity contribution < 1.29 is 9.47 Å². The minimum absolute atomic E-state index is 0.121. The van der Waals surface area contributed by atoms with E-state index in [0.717, 1.165) is 17.9 Å². The Hall–Kier alpha value is -1.13. The van der Waals surface area contributed by atoms with Crippen LogP contribution >= 0.6 is 0 Å². The Morgan fingerprint density at radius 1 is 1.26 bits per heavy atom. The highest BCUT2D eigenvalue weighted by atomic mass is 16.5. The molecule has 0 saturated carbocycles. The van der Waals surface area contributed by atoms with Gasteiger partial charge in [0.05, 0.1) is 12.2 Å². The van der Waals surface area contributed by atoms with E-state index in [2.05, 4.69) is 24.1 Å². The minimum atomic E-state index is -0.121. The molecule has 0 radical (unpaired) electrons. The zero-order valence-electron chi connectivity index (χ0n) is 12.7. The third kappa shape index (κ3) is 7.13. The van der Waals surface area contributed by atoms with Gasteiger partial charge in [-0.15, -0.1) is 0 Å². The zero-order chi connectivity index (χ0) is 14.3. The van der Waals surface area contributed by atoms with Crippen molar-refractivity contribution in [3.8, 4) is 5.75 Å². The molecule has 0 aliphatic rings. The summed E-state index contributed by atoms with van der Waals surface area (Å²) in [6.07, 6.45) is 3.59. The second kappa shape index (κ2) is 7.46. The Balaban J connectivity index is 2.44. The van der Waals surface area contributed by atoms with Gasteiger partial charge < -0.3 is 14.8 Å². The molecule has 1 aromatic heterocycles. The zero-order valence-corrected chi connectivity index (χ0v) is 12.7. The summed E-state index contributed by atoms with van der Waals surface area (Å²) in [5, 5.41) is 3.37. The predicted octanol–water partition coefficient (Wildman–Crippen LogP) is 2.77. The molecule has 1 aromatic rings. The smallest absolute Gasteiger partial charge is 0.126 e. The van der Waals surface area contributed by atoms with Crippen LogP contribution in [0.5, 0.6) is 5.75 Å². The van der Waals surface area contributed by atoms with Crippen LogP contribution < -0.4 is 10.1 Å². The van der Waals surface area contributed by atoms with E-state index in [4.69, 9.17) is 9.47 Å². The van der Waals surface area contributed by atoms with Gasteiger partial charge in [0.2, 0.25) is 0 Å². The fourth-order valence-electron chi connectivity index (χ4n) is 1.50. The van der Waals surface area contributed by atoms with E-state index in [1.54, 1.807) is 6.20 Å². The van der Waals surface area contributed by atoms with Crippen molar-refractivity contribution in [1.82, 2.24) is 10.3 Å². The van der Waals surface area contributed by atoms with Crippen molar-refractivity contribution in [3.05, 3.63) is 24.0 Å². The lowest BCUT2D eigenvalue weighted by Crippen LogP contribution is -2.24. The number of pyridine rings is 1. The molecule has 0 saturated heterocycles. The lowest BCUT2D eigenvalue weighted by molar-refractivity contribution is -0.0164. The Morgan fingerprint density at radius 3 is 2.63 bits per heavy atom. The van der Waals surface area contributed by atoms with Gasteiger partial charge in [-0.2, -0.15) is 0 Å². The lowest BCUT2D eigenvalue weighted by atomic mass is 10.2. The number of aromatic nitrogens is 1. The normalized spacial score (nSPS) is 11.9. The van der Waals surface area contributed by atoms with Gasteiger partial charge in [-0.3, -0.25) is 4.98 Å². The number of hydrogen-bond acceptors (Lipinski definition) is 4. The van der Waals surface area contributed by atoms with E-state index >= 15 is 0 Å². The summed E-state index contributed by atoms with van der Waals surface area (Å²) in [6.45, 7) is 12.3. The molecule has 0 aliphatic heterocycles. The molecule has 1 heterocycles. The maximum absolute atomic E-state index is 5.76. The summed E-state index contributed by atoms with van der Waals surface area (Å²) in [7, 11) is 0. The van der Waals surface area contributed by atoms with E-state index < -0.39 is 0 Å². The minimum Gasteiger partial charge on any atom is -0.491 e. The van der Waals surface area contributed by atoms with Crippen LogP contribution in [-0.2, 0) is 11.3 Å². The van der Waals surface area contributed by atoms with Gasteiger partial charge >= 0.3 is 0 Å². The summed E-state index contributed by atoms with van der Waals surface area (Å²) in [6, 6.07) is 2.34. The topological polar surface area (TPSA) is 43.4 Å².